The van der Waals surface area contributed by atoms with Gasteiger partial charge < -0.3 is 14.5 Å². The van der Waals surface area contributed by atoms with Crippen LogP contribution in [0.15, 0.2) is 24.3 Å². The summed E-state index contributed by atoms with van der Waals surface area (Å²) in [5.74, 6) is 0.0446. The first kappa shape index (κ1) is 18.5. The first-order chi connectivity index (χ1) is 12.5. The number of ether oxygens (including phenoxy) is 1. The number of hydrogen-bond acceptors (Lipinski definition) is 4. The van der Waals surface area contributed by atoms with E-state index in [1.165, 1.54) is 5.69 Å². The summed E-state index contributed by atoms with van der Waals surface area (Å²) in [5.41, 5.74) is 5.18. The second-order valence-electron chi connectivity index (χ2n) is 6.98. The predicted octanol–water partition coefficient (Wildman–Crippen LogP) is 2.42. The van der Waals surface area contributed by atoms with Crippen LogP contribution in [0, 0.1) is 20.8 Å². The van der Waals surface area contributed by atoms with Crippen LogP contribution >= 0.6 is 0 Å². The van der Waals surface area contributed by atoms with Crippen LogP contribution in [-0.4, -0.2) is 60.5 Å². The van der Waals surface area contributed by atoms with Crippen LogP contribution in [0.1, 0.15) is 27.3 Å². The van der Waals surface area contributed by atoms with E-state index in [1.54, 1.807) is 4.90 Å². The summed E-state index contributed by atoms with van der Waals surface area (Å²) in [6.07, 6.45) is 0. The lowest BCUT2D eigenvalue weighted by Gasteiger charge is -2.30. The van der Waals surface area contributed by atoms with Gasteiger partial charge in [-0.1, -0.05) is 0 Å². The van der Waals surface area contributed by atoms with Crippen LogP contribution in [0.5, 0.6) is 0 Å². The summed E-state index contributed by atoms with van der Waals surface area (Å²) >= 11 is 0. The second-order valence-corrected chi connectivity index (χ2v) is 6.98. The van der Waals surface area contributed by atoms with Crippen molar-refractivity contribution in [3.8, 4) is 0 Å². The number of carbonyl (C=O) groups is 1. The zero-order valence-electron chi connectivity index (χ0n) is 16.2. The number of aromatic nitrogens is 2. The predicted molar refractivity (Wildman–Crippen MR) is 103 cm³/mol. The number of likely N-dealkylation sites (N-methyl/N-ethyl adjacent to an activating group) is 1. The minimum Gasteiger partial charge on any atom is -0.378 e. The third-order valence-electron chi connectivity index (χ3n) is 4.89. The van der Waals surface area contributed by atoms with E-state index < -0.39 is 0 Å². The Labute approximate surface area is 155 Å². The van der Waals surface area contributed by atoms with Gasteiger partial charge in [-0.15, -0.1) is 0 Å². The quantitative estimate of drug-likeness (QED) is 0.826. The zero-order chi connectivity index (χ0) is 18.7. The van der Waals surface area contributed by atoms with Crippen molar-refractivity contribution in [3.63, 3.8) is 0 Å². The highest BCUT2D eigenvalue weighted by Crippen LogP contribution is 2.23. The monoisotopic (exact) mass is 356 g/mol. The first-order valence-corrected chi connectivity index (χ1v) is 9.15. The molecular formula is C20H28N4O2. The molecular weight excluding hydrogens is 328 g/mol. The molecule has 26 heavy (non-hydrogen) atoms. The molecule has 1 fully saturated rings. The van der Waals surface area contributed by atoms with Crippen molar-refractivity contribution in [2.24, 2.45) is 0 Å². The van der Waals surface area contributed by atoms with Gasteiger partial charge in [-0.05, 0) is 50.6 Å². The molecule has 1 aliphatic heterocycles. The van der Waals surface area contributed by atoms with Crippen molar-refractivity contribution < 1.29 is 9.53 Å². The fourth-order valence-electron chi connectivity index (χ4n) is 3.42. The molecule has 1 saturated heterocycles. The molecule has 0 N–H and O–H groups in total. The van der Waals surface area contributed by atoms with Crippen molar-refractivity contribution in [1.29, 1.82) is 0 Å². The molecule has 6 heteroatoms. The third kappa shape index (κ3) is 4.07. The number of anilines is 1. The maximum absolute atomic E-state index is 12.8. The SMILES string of the molecule is Cc1cc(C)n(CCN(C)C(=O)c2ccc(N3CCOCC3)c(C)c2)n1. The maximum atomic E-state index is 12.8. The second kappa shape index (κ2) is 7.91. The van der Waals surface area contributed by atoms with Crippen molar-refractivity contribution in [2.75, 3.05) is 44.8 Å². The smallest absolute Gasteiger partial charge is 0.253 e. The van der Waals surface area contributed by atoms with Gasteiger partial charge in [-0.25, -0.2) is 0 Å². The first-order valence-electron chi connectivity index (χ1n) is 9.15. The number of rotatable bonds is 5. The Morgan fingerprint density at radius 3 is 2.54 bits per heavy atom. The molecule has 1 amide bonds. The van der Waals surface area contributed by atoms with E-state index in [0.29, 0.717) is 13.1 Å². The number of carbonyl (C=O) groups excluding carboxylic acids is 1. The summed E-state index contributed by atoms with van der Waals surface area (Å²) in [6.45, 7) is 10.7. The van der Waals surface area contributed by atoms with Crippen LogP contribution in [0.4, 0.5) is 5.69 Å². The summed E-state index contributed by atoms with van der Waals surface area (Å²) < 4.78 is 7.37. The van der Waals surface area contributed by atoms with Crippen molar-refractivity contribution in [1.82, 2.24) is 14.7 Å². The Morgan fingerprint density at radius 2 is 1.92 bits per heavy atom. The van der Waals surface area contributed by atoms with Crippen LogP contribution in [0.2, 0.25) is 0 Å². The molecule has 1 aromatic carbocycles. The van der Waals surface area contributed by atoms with Gasteiger partial charge in [0.2, 0.25) is 0 Å². The van der Waals surface area contributed by atoms with Gasteiger partial charge in [-0.2, -0.15) is 5.10 Å². The van der Waals surface area contributed by atoms with E-state index in [9.17, 15) is 4.79 Å². The Balaban J connectivity index is 1.64. The van der Waals surface area contributed by atoms with Crippen LogP contribution < -0.4 is 4.90 Å². The molecule has 0 radical (unpaired) electrons. The number of nitrogens with zero attached hydrogens (tertiary/aromatic N) is 4. The van der Waals surface area contributed by atoms with E-state index in [2.05, 4.69) is 29.1 Å². The van der Waals surface area contributed by atoms with Gasteiger partial charge in [0.25, 0.3) is 5.91 Å². The number of benzene rings is 1. The highest BCUT2D eigenvalue weighted by atomic mass is 16.5. The van der Waals surface area contributed by atoms with E-state index in [0.717, 1.165) is 48.8 Å². The lowest BCUT2D eigenvalue weighted by atomic mass is 10.1. The molecule has 0 bridgehead atoms. The Hall–Kier alpha value is -2.34. The van der Waals surface area contributed by atoms with Gasteiger partial charge in [0.1, 0.15) is 0 Å². The average molecular weight is 356 g/mol. The van der Waals surface area contributed by atoms with Crippen LogP contribution in [-0.2, 0) is 11.3 Å². The fourth-order valence-corrected chi connectivity index (χ4v) is 3.42. The molecule has 0 aliphatic carbocycles. The van der Waals surface area contributed by atoms with Gasteiger partial charge in [0, 0.05) is 43.6 Å². The molecule has 2 heterocycles. The van der Waals surface area contributed by atoms with E-state index in [4.69, 9.17) is 4.74 Å². The molecule has 140 valence electrons. The topological polar surface area (TPSA) is 50.6 Å². The molecule has 2 aromatic rings. The summed E-state index contributed by atoms with van der Waals surface area (Å²) in [7, 11) is 1.85. The number of aryl methyl sites for hydroxylation is 3. The lowest BCUT2D eigenvalue weighted by Crippen LogP contribution is -2.36. The normalized spacial score (nSPS) is 14.5. The van der Waals surface area contributed by atoms with Crippen molar-refractivity contribution in [3.05, 3.63) is 46.8 Å². The van der Waals surface area contributed by atoms with Crippen LogP contribution in [0.25, 0.3) is 0 Å². The van der Waals surface area contributed by atoms with E-state index >= 15 is 0 Å². The van der Waals surface area contributed by atoms with E-state index in [1.807, 2.05) is 37.7 Å². The van der Waals surface area contributed by atoms with Crippen LogP contribution in [0.3, 0.4) is 0 Å². The molecule has 3 rings (SSSR count). The Kier molecular flexibility index (Phi) is 5.61. The molecule has 0 saturated carbocycles. The Morgan fingerprint density at radius 1 is 1.19 bits per heavy atom. The largest absolute Gasteiger partial charge is 0.378 e. The van der Waals surface area contributed by atoms with Crippen molar-refractivity contribution >= 4 is 11.6 Å². The molecule has 0 atom stereocenters. The maximum Gasteiger partial charge on any atom is 0.253 e. The molecule has 1 aromatic heterocycles. The average Bonchev–Trinajstić information content (AvgIpc) is 2.97. The lowest BCUT2D eigenvalue weighted by molar-refractivity contribution is 0.0788. The number of morpholine rings is 1. The standard InChI is InChI=1S/C20H28N4O2/c1-15-13-18(5-6-19(15)23-9-11-26-12-10-23)20(25)22(4)7-8-24-17(3)14-16(2)21-24/h5-6,13-14H,7-12H2,1-4H3. The molecule has 6 nitrogen and oxygen atoms in total. The summed E-state index contributed by atoms with van der Waals surface area (Å²) in [5, 5.41) is 4.45. The highest BCUT2D eigenvalue weighted by molar-refractivity contribution is 5.94. The molecule has 1 aliphatic rings. The third-order valence-corrected chi connectivity index (χ3v) is 4.89. The minimum atomic E-state index is 0.0446. The van der Waals surface area contributed by atoms with Gasteiger partial charge in [0.05, 0.1) is 25.5 Å². The highest BCUT2D eigenvalue weighted by Gasteiger charge is 2.17. The summed E-state index contributed by atoms with van der Waals surface area (Å²) in [4.78, 5) is 16.8. The fraction of sp³-hybridized carbons (Fsp3) is 0.500. The summed E-state index contributed by atoms with van der Waals surface area (Å²) in [6, 6.07) is 8.03. The van der Waals surface area contributed by atoms with E-state index in [-0.39, 0.29) is 5.91 Å². The number of amides is 1. The van der Waals surface area contributed by atoms with Gasteiger partial charge in [0.15, 0.2) is 0 Å². The van der Waals surface area contributed by atoms with Gasteiger partial charge >= 0.3 is 0 Å². The van der Waals surface area contributed by atoms with Gasteiger partial charge in [-0.3, -0.25) is 9.48 Å². The zero-order valence-corrected chi connectivity index (χ0v) is 16.2. The molecule has 0 spiro atoms. The molecule has 0 unspecified atom stereocenters. The minimum absolute atomic E-state index is 0.0446. The number of hydrogen-bond donors (Lipinski definition) is 0. The Bertz CT molecular complexity index is 778. The van der Waals surface area contributed by atoms with Crippen molar-refractivity contribution in [2.45, 2.75) is 27.3 Å².